The zero-order chi connectivity index (χ0) is 40.6. The second-order valence-corrected chi connectivity index (χ2v) is 14.0. The third-order valence-electron chi connectivity index (χ3n) is 7.93. The van der Waals surface area contributed by atoms with Gasteiger partial charge in [0.25, 0.3) is 11.8 Å². The molecule has 0 aromatic heterocycles. The van der Waals surface area contributed by atoms with E-state index in [0.29, 0.717) is 32.3 Å². The summed E-state index contributed by atoms with van der Waals surface area (Å²) in [4.78, 5) is 34.7. The minimum Gasteiger partial charge on any atom is -0.485 e. The number of amides is 2. The van der Waals surface area contributed by atoms with E-state index in [4.69, 9.17) is 49.0 Å². The molecule has 0 saturated heterocycles. The van der Waals surface area contributed by atoms with Crippen LogP contribution in [0, 0.1) is 13.8 Å². The molecule has 0 radical (unpaired) electrons. The Morgan fingerprint density at radius 2 is 1.16 bits per heavy atom. The number of halogens is 3. The Labute approximate surface area is 347 Å². The van der Waals surface area contributed by atoms with Crippen molar-refractivity contribution in [3.63, 3.8) is 0 Å². The molecule has 6 rings (SSSR count). The van der Waals surface area contributed by atoms with Gasteiger partial charge in [-0.05, 0) is 116 Å². The number of anilines is 2. The maximum atomic E-state index is 12.1. The van der Waals surface area contributed by atoms with Crippen LogP contribution in [0.1, 0.15) is 25.0 Å². The number of fused-ring (bicyclic) bond motifs is 1. The van der Waals surface area contributed by atoms with Crippen LogP contribution in [-0.4, -0.2) is 35.7 Å². The third-order valence-corrected chi connectivity index (χ3v) is 9.18. The summed E-state index contributed by atoms with van der Waals surface area (Å²) in [7, 11) is 0. The number of carbonyl (C=O) groups is 3. The first-order chi connectivity index (χ1) is 26.8. The van der Waals surface area contributed by atoms with Gasteiger partial charge in [-0.15, -0.1) is 12.6 Å². The van der Waals surface area contributed by atoms with Gasteiger partial charge >= 0.3 is 0 Å². The molecule has 6 aromatic carbocycles. The molecule has 0 aliphatic carbocycles. The standard InChI is InChI=1S/C19H17NO2.C16H15Cl2NO2.C9H9ClO2S/c1-14(19(21)20-17-9-3-2-4-10-17)22-18-12-11-15-7-5-6-8-16(15)13-18;1-10-13(17)8-9-14(15(10)18)21-11(2)16(20)19-12-6-4-3-5-7-12;1-6-4-7(10)2-3-8(6)12-5-9(11)13/h2-14H,1H3,(H,20,21);3-9,11H,1-2H3,(H,19,20);2-4H,5H2,1H3,(H,11,13). The van der Waals surface area contributed by atoms with Crippen LogP contribution in [-0.2, 0) is 14.4 Å². The van der Waals surface area contributed by atoms with Crippen LogP contribution in [0.4, 0.5) is 11.4 Å². The summed E-state index contributed by atoms with van der Waals surface area (Å²) in [5.41, 5.74) is 3.12. The van der Waals surface area contributed by atoms with E-state index in [2.05, 4.69) is 23.3 Å². The molecular formula is C44H41Cl3N2O6S. The first kappa shape index (κ1) is 43.5. The van der Waals surface area contributed by atoms with E-state index in [1.807, 2.05) is 110 Å². The third kappa shape index (κ3) is 13.8. The molecule has 290 valence electrons. The number of thiol groups is 1. The summed E-state index contributed by atoms with van der Waals surface area (Å²) >= 11 is 21.5. The average Bonchev–Trinajstić information content (AvgIpc) is 3.19. The minimum absolute atomic E-state index is 0.0222. The highest BCUT2D eigenvalue weighted by Crippen LogP contribution is 2.33. The van der Waals surface area contributed by atoms with Crippen molar-refractivity contribution in [3.05, 3.63) is 160 Å². The number of aryl methyl sites for hydroxylation is 1. The highest BCUT2D eigenvalue weighted by atomic mass is 35.5. The smallest absolute Gasteiger partial charge is 0.265 e. The van der Waals surface area contributed by atoms with Crippen molar-refractivity contribution in [3.8, 4) is 17.2 Å². The van der Waals surface area contributed by atoms with E-state index in [0.717, 1.165) is 33.3 Å². The Hall–Kier alpha value is -5.19. The summed E-state index contributed by atoms with van der Waals surface area (Å²) in [6.45, 7) is 7.05. The van der Waals surface area contributed by atoms with Crippen LogP contribution in [0.2, 0.25) is 15.1 Å². The SMILES string of the molecule is CC(Oc1ccc2ccccc2c1)C(=O)Nc1ccccc1.Cc1c(Cl)ccc(OC(C)C(=O)Nc2ccccc2)c1Cl.Cc1cc(Cl)ccc1OCC(=O)S. The van der Waals surface area contributed by atoms with Gasteiger partial charge in [0.1, 0.15) is 17.2 Å². The Balaban J connectivity index is 0.000000193. The van der Waals surface area contributed by atoms with Gasteiger partial charge in [-0.25, -0.2) is 0 Å². The molecule has 2 unspecified atom stereocenters. The molecular weight excluding hydrogens is 791 g/mol. The molecule has 2 N–H and O–H groups in total. The number of ether oxygens (including phenoxy) is 3. The lowest BCUT2D eigenvalue weighted by atomic mass is 10.1. The molecule has 2 amide bonds. The summed E-state index contributed by atoms with van der Waals surface area (Å²) in [6.07, 6.45) is -1.25. The number of nitrogens with one attached hydrogen (secondary N) is 2. The predicted octanol–water partition coefficient (Wildman–Crippen LogP) is 11.4. The number of benzene rings is 6. The molecule has 0 saturated carbocycles. The first-order valence-electron chi connectivity index (χ1n) is 17.4. The number of hydrogen-bond donors (Lipinski definition) is 3. The van der Waals surface area contributed by atoms with Crippen molar-refractivity contribution in [2.45, 2.75) is 39.9 Å². The molecule has 0 bridgehead atoms. The minimum atomic E-state index is -0.678. The van der Waals surface area contributed by atoms with Gasteiger partial charge in [0, 0.05) is 21.4 Å². The van der Waals surface area contributed by atoms with Gasteiger partial charge in [-0.2, -0.15) is 0 Å². The van der Waals surface area contributed by atoms with Crippen LogP contribution < -0.4 is 24.8 Å². The maximum absolute atomic E-state index is 12.1. The molecule has 12 heteroatoms. The number of rotatable bonds is 11. The van der Waals surface area contributed by atoms with E-state index in [9.17, 15) is 14.4 Å². The van der Waals surface area contributed by atoms with E-state index in [1.54, 1.807) is 51.1 Å². The van der Waals surface area contributed by atoms with Gasteiger partial charge in [-0.3, -0.25) is 14.4 Å². The molecule has 8 nitrogen and oxygen atoms in total. The highest BCUT2D eigenvalue weighted by Gasteiger charge is 2.18. The molecule has 0 aliphatic heterocycles. The largest absolute Gasteiger partial charge is 0.485 e. The molecule has 0 heterocycles. The average molecular weight is 832 g/mol. The Kier molecular flexibility index (Phi) is 16.9. The lowest BCUT2D eigenvalue weighted by Gasteiger charge is -2.16. The number of para-hydroxylation sites is 2. The zero-order valence-electron chi connectivity index (χ0n) is 31.1. The zero-order valence-corrected chi connectivity index (χ0v) is 34.3. The molecule has 2 atom stereocenters. The monoisotopic (exact) mass is 830 g/mol. The van der Waals surface area contributed by atoms with Gasteiger partial charge in [0.2, 0.25) is 5.12 Å². The topological polar surface area (TPSA) is 103 Å². The fraction of sp³-hybridized carbons (Fsp3) is 0.159. The van der Waals surface area contributed by atoms with Crippen molar-refractivity contribution in [1.29, 1.82) is 0 Å². The Bertz CT molecular complexity index is 2240. The summed E-state index contributed by atoms with van der Waals surface area (Å²) in [5, 5.41) is 9.19. The van der Waals surface area contributed by atoms with E-state index in [-0.39, 0.29) is 23.5 Å². The predicted molar refractivity (Wildman–Crippen MR) is 231 cm³/mol. The van der Waals surface area contributed by atoms with Gasteiger partial charge in [0.05, 0.1) is 5.02 Å². The lowest BCUT2D eigenvalue weighted by Crippen LogP contribution is -2.30. The van der Waals surface area contributed by atoms with E-state index >= 15 is 0 Å². The number of hydrogen-bond acceptors (Lipinski definition) is 6. The Morgan fingerprint density at radius 1 is 0.625 bits per heavy atom. The fourth-order valence-electron chi connectivity index (χ4n) is 4.92. The Morgan fingerprint density at radius 3 is 1.73 bits per heavy atom. The second-order valence-electron chi connectivity index (χ2n) is 12.3. The highest BCUT2D eigenvalue weighted by molar-refractivity contribution is 7.96. The van der Waals surface area contributed by atoms with Crippen LogP contribution >= 0.6 is 47.4 Å². The van der Waals surface area contributed by atoms with Gasteiger partial charge in [-0.1, -0.05) is 102 Å². The van der Waals surface area contributed by atoms with Crippen molar-refractivity contribution in [1.82, 2.24) is 0 Å². The van der Waals surface area contributed by atoms with Crippen LogP contribution in [0.25, 0.3) is 10.8 Å². The van der Waals surface area contributed by atoms with Crippen LogP contribution in [0.3, 0.4) is 0 Å². The van der Waals surface area contributed by atoms with Crippen molar-refractivity contribution >= 4 is 86.5 Å². The van der Waals surface area contributed by atoms with E-state index in [1.165, 1.54) is 0 Å². The number of carbonyl (C=O) groups excluding carboxylic acids is 3. The molecule has 0 aliphatic rings. The van der Waals surface area contributed by atoms with Gasteiger partial charge < -0.3 is 24.8 Å². The summed E-state index contributed by atoms with van der Waals surface area (Å²) in [6, 6.07) is 41.0. The summed E-state index contributed by atoms with van der Waals surface area (Å²) in [5.74, 6) is 1.37. The lowest BCUT2D eigenvalue weighted by molar-refractivity contribution is -0.122. The normalized spacial score (nSPS) is 11.4. The second kappa shape index (κ2) is 21.8. The molecule has 6 aromatic rings. The van der Waals surface area contributed by atoms with Crippen molar-refractivity contribution in [2.75, 3.05) is 17.2 Å². The molecule has 0 fully saturated rings. The quantitative estimate of drug-likeness (QED) is 0.112. The van der Waals surface area contributed by atoms with Gasteiger partial charge in [0.15, 0.2) is 18.8 Å². The summed E-state index contributed by atoms with van der Waals surface area (Å²) < 4.78 is 16.5. The van der Waals surface area contributed by atoms with Crippen LogP contribution in [0.5, 0.6) is 17.2 Å². The molecule has 56 heavy (non-hydrogen) atoms. The first-order valence-corrected chi connectivity index (χ1v) is 19.0. The van der Waals surface area contributed by atoms with E-state index < -0.39 is 12.2 Å². The molecule has 0 spiro atoms. The van der Waals surface area contributed by atoms with Crippen molar-refractivity contribution in [2.24, 2.45) is 0 Å². The van der Waals surface area contributed by atoms with Crippen LogP contribution in [0.15, 0.2) is 133 Å². The fourth-order valence-corrected chi connectivity index (χ4v) is 5.62. The van der Waals surface area contributed by atoms with Crippen molar-refractivity contribution < 1.29 is 28.6 Å². The maximum Gasteiger partial charge on any atom is 0.265 e.